The lowest BCUT2D eigenvalue weighted by Crippen LogP contribution is -3.06. The van der Waals surface area contributed by atoms with Crippen molar-refractivity contribution in [1.82, 2.24) is 4.90 Å². The van der Waals surface area contributed by atoms with Gasteiger partial charge in [0.05, 0.1) is 39.8 Å². The average molecular weight is 423 g/mol. The number of ketones is 1. The van der Waals surface area contributed by atoms with Crippen molar-refractivity contribution in [2.75, 3.05) is 33.8 Å². The average Bonchev–Trinajstić information content (AvgIpc) is 3.01. The topological polar surface area (TPSA) is 74.1 Å². The van der Waals surface area contributed by atoms with Crippen molar-refractivity contribution < 1.29 is 24.3 Å². The third-order valence-corrected chi connectivity index (χ3v) is 5.36. The normalized spacial score (nSPS) is 18.1. The second kappa shape index (κ2) is 9.79. The second-order valence-corrected chi connectivity index (χ2v) is 8.21. The Morgan fingerprint density at radius 3 is 2.29 bits per heavy atom. The molecule has 6 nitrogen and oxygen atoms in total. The van der Waals surface area contributed by atoms with Crippen LogP contribution in [-0.2, 0) is 9.59 Å². The van der Waals surface area contributed by atoms with Gasteiger partial charge in [0.1, 0.15) is 5.75 Å². The summed E-state index contributed by atoms with van der Waals surface area (Å²) in [6.07, 6.45) is 0.887. The molecule has 1 atom stereocenters. The Morgan fingerprint density at radius 2 is 1.71 bits per heavy atom. The number of hydrogen-bond acceptors (Lipinski definition) is 4. The van der Waals surface area contributed by atoms with Gasteiger partial charge in [-0.05, 0) is 36.6 Å². The molecule has 164 valence electrons. The number of likely N-dealkylation sites (tertiary alicyclic amines) is 1. The molecule has 1 heterocycles. The molecule has 1 aliphatic rings. The fourth-order valence-electron chi connectivity index (χ4n) is 3.62. The fourth-order valence-corrected chi connectivity index (χ4v) is 3.62. The van der Waals surface area contributed by atoms with E-state index >= 15 is 0 Å². The number of aryl methyl sites for hydroxylation is 1. The summed E-state index contributed by atoms with van der Waals surface area (Å²) < 4.78 is 5.58. The zero-order chi connectivity index (χ0) is 22.5. The van der Waals surface area contributed by atoms with Gasteiger partial charge in [-0.2, -0.15) is 0 Å². The highest BCUT2D eigenvalue weighted by molar-refractivity contribution is 6.46. The Bertz CT molecular complexity index is 962. The zero-order valence-electron chi connectivity index (χ0n) is 18.6. The van der Waals surface area contributed by atoms with E-state index in [1.54, 1.807) is 24.3 Å². The SMILES string of the molecule is CCCOc1ccc(C([O-])=C2C(=O)C(=O)N(CC[NH+](C)C)C2c2ccc(C)cc2)cc1. The van der Waals surface area contributed by atoms with Crippen LogP contribution in [0.4, 0.5) is 0 Å². The monoisotopic (exact) mass is 422 g/mol. The van der Waals surface area contributed by atoms with Crippen LogP contribution in [0.15, 0.2) is 54.1 Å². The van der Waals surface area contributed by atoms with Gasteiger partial charge in [-0.25, -0.2) is 0 Å². The van der Waals surface area contributed by atoms with E-state index in [4.69, 9.17) is 4.74 Å². The lowest BCUT2D eigenvalue weighted by atomic mass is 9.94. The van der Waals surface area contributed by atoms with Gasteiger partial charge in [0, 0.05) is 5.57 Å². The number of amides is 1. The second-order valence-electron chi connectivity index (χ2n) is 8.21. The molecular formula is C25H30N2O4. The Balaban J connectivity index is 2.04. The molecule has 0 aliphatic carbocycles. The van der Waals surface area contributed by atoms with Gasteiger partial charge in [0.15, 0.2) is 0 Å². The molecule has 0 spiro atoms. The molecular weight excluding hydrogens is 392 g/mol. The number of nitrogens with one attached hydrogen (secondary N) is 1. The van der Waals surface area contributed by atoms with Crippen LogP contribution in [-0.4, -0.2) is 50.4 Å². The Kier molecular flexibility index (Phi) is 7.13. The molecule has 1 unspecified atom stereocenters. The minimum atomic E-state index is -0.712. The summed E-state index contributed by atoms with van der Waals surface area (Å²) in [5.41, 5.74) is 2.23. The molecule has 0 aromatic heterocycles. The van der Waals surface area contributed by atoms with Crippen LogP contribution >= 0.6 is 0 Å². The Labute approximate surface area is 183 Å². The molecule has 1 fully saturated rings. The molecule has 1 amide bonds. The van der Waals surface area contributed by atoms with E-state index in [0.29, 0.717) is 31.0 Å². The number of ether oxygens (including phenoxy) is 1. The van der Waals surface area contributed by atoms with E-state index < -0.39 is 23.5 Å². The highest BCUT2D eigenvalue weighted by Gasteiger charge is 2.44. The Morgan fingerprint density at radius 1 is 1.06 bits per heavy atom. The highest BCUT2D eigenvalue weighted by Crippen LogP contribution is 2.38. The largest absolute Gasteiger partial charge is 0.872 e. The first-order valence-corrected chi connectivity index (χ1v) is 10.7. The lowest BCUT2D eigenvalue weighted by Gasteiger charge is -2.27. The number of hydrogen-bond donors (Lipinski definition) is 1. The van der Waals surface area contributed by atoms with Gasteiger partial charge in [-0.15, -0.1) is 0 Å². The van der Waals surface area contributed by atoms with Gasteiger partial charge >= 0.3 is 0 Å². The van der Waals surface area contributed by atoms with E-state index in [1.165, 1.54) is 4.90 Å². The minimum Gasteiger partial charge on any atom is -0.872 e. The Hall–Kier alpha value is -3.12. The number of carbonyl (C=O) groups is 2. The van der Waals surface area contributed by atoms with Gasteiger partial charge in [0.2, 0.25) is 5.78 Å². The number of Topliss-reactive ketones (excluding diaryl/α,β-unsaturated/α-hetero) is 1. The predicted molar refractivity (Wildman–Crippen MR) is 117 cm³/mol. The molecule has 31 heavy (non-hydrogen) atoms. The van der Waals surface area contributed by atoms with Gasteiger partial charge in [0.25, 0.3) is 5.91 Å². The highest BCUT2D eigenvalue weighted by atomic mass is 16.5. The van der Waals surface area contributed by atoms with Crippen molar-refractivity contribution in [3.05, 3.63) is 70.8 Å². The van der Waals surface area contributed by atoms with E-state index in [0.717, 1.165) is 22.4 Å². The first-order valence-electron chi connectivity index (χ1n) is 10.7. The van der Waals surface area contributed by atoms with Gasteiger partial charge < -0.3 is 19.6 Å². The standard InChI is InChI=1S/C25H30N2O4/c1-5-16-31-20-12-10-19(11-13-20)23(28)21-22(18-8-6-17(2)7-9-18)27(15-14-26(3)4)25(30)24(21)29/h6-13,22,28H,5,14-16H2,1-4H3. The maximum atomic E-state index is 13.4. The minimum absolute atomic E-state index is 0.0184. The van der Waals surface area contributed by atoms with Crippen LogP contribution in [0.1, 0.15) is 36.1 Å². The van der Waals surface area contributed by atoms with Gasteiger partial charge in [-0.3, -0.25) is 9.59 Å². The first kappa shape index (κ1) is 22.6. The van der Waals surface area contributed by atoms with Crippen LogP contribution < -0.4 is 14.7 Å². The van der Waals surface area contributed by atoms with Crippen molar-refractivity contribution in [2.45, 2.75) is 26.3 Å². The van der Waals surface area contributed by atoms with E-state index in [1.807, 2.05) is 52.2 Å². The van der Waals surface area contributed by atoms with Crippen LogP contribution in [0.2, 0.25) is 0 Å². The summed E-state index contributed by atoms with van der Waals surface area (Å²) in [7, 11) is 3.97. The number of quaternary nitrogens is 1. The van der Waals surface area contributed by atoms with Crippen molar-refractivity contribution in [3.8, 4) is 5.75 Å². The molecule has 3 rings (SSSR count). The molecule has 6 heteroatoms. The molecule has 0 radical (unpaired) electrons. The van der Waals surface area contributed by atoms with Crippen LogP contribution in [0, 0.1) is 6.92 Å². The number of benzene rings is 2. The molecule has 1 aliphatic heterocycles. The maximum absolute atomic E-state index is 13.4. The first-order chi connectivity index (χ1) is 14.8. The predicted octanol–water partition coefficient (Wildman–Crippen LogP) is 1.15. The summed E-state index contributed by atoms with van der Waals surface area (Å²) in [4.78, 5) is 28.5. The summed E-state index contributed by atoms with van der Waals surface area (Å²) in [5, 5.41) is 13.4. The van der Waals surface area contributed by atoms with Crippen LogP contribution in [0.5, 0.6) is 5.75 Å². The number of rotatable bonds is 8. The fraction of sp³-hybridized carbons (Fsp3) is 0.360. The maximum Gasteiger partial charge on any atom is 0.295 e. The molecule has 0 saturated carbocycles. The summed E-state index contributed by atoms with van der Waals surface area (Å²) in [6.45, 7) is 5.65. The van der Waals surface area contributed by atoms with Crippen LogP contribution in [0.3, 0.4) is 0 Å². The van der Waals surface area contributed by atoms with E-state index in [9.17, 15) is 14.7 Å². The van der Waals surface area contributed by atoms with Crippen molar-refractivity contribution in [3.63, 3.8) is 0 Å². The third-order valence-electron chi connectivity index (χ3n) is 5.36. The van der Waals surface area contributed by atoms with Gasteiger partial charge in [-0.1, -0.05) is 54.6 Å². The van der Waals surface area contributed by atoms with Crippen molar-refractivity contribution >= 4 is 17.4 Å². The molecule has 1 N–H and O–H groups in total. The summed E-state index contributed by atoms with van der Waals surface area (Å²) in [5.74, 6) is -1.07. The number of carbonyl (C=O) groups excluding carboxylic acids is 2. The molecule has 2 aromatic carbocycles. The van der Waals surface area contributed by atoms with E-state index in [-0.39, 0.29) is 5.57 Å². The summed E-state index contributed by atoms with van der Waals surface area (Å²) >= 11 is 0. The van der Waals surface area contributed by atoms with E-state index in [2.05, 4.69) is 0 Å². The van der Waals surface area contributed by atoms with Crippen LogP contribution in [0.25, 0.3) is 5.76 Å². The molecule has 2 aromatic rings. The third kappa shape index (κ3) is 4.97. The number of nitrogens with zero attached hydrogens (tertiary/aromatic N) is 1. The molecule has 1 saturated heterocycles. The molecule has 0 bridgehead atoms. The van der Waals surface area contributed by atoms with Crippen molar-refractivity contribution in [2.24, 2.45) is 0 Å². The number of likely N-dealkylation sites (N-methyl/N-ethyl adjacent to an activating group) is 1. The zero-order valence-corrected chi connectivity index (χ0v) is 18.6. The quantitative estimate of drug-likeness (QED) is 0.394. The smallest absolute Gasteiger partial charge is 0.295 e. The lowest BCUT2D eigenvalue weighted by molar-refractivity contribution is -0.857. The van der Waals surface area contributed by atoms with Crippen molar-refractivity contribution in [1.29, 1.82) is 0 Å². The summed E-state index contributed by atoms with van der Waals surface area (Å²) in [6, 6.07) is 13.7.